The highest BCUT2D eigenvalue weighted by Gasteiger charge is 2.25. The van der Waals surface area contributed by atoms with Crippen molar-refractivity contribution in [3.8, 4) is 0 Å². The van der Waals surface area contributed by atoms with Crippen LogP contribution in [0.3, 0.4) is 0 Å². The molecule has 0 amide bonds. The number of rotatable bonds is 7. The zero-order valence-corrected chi connectivity index (χ0v) is 11.9. The normalized spacial score (nSPS) is 11.4. The zero-order chi connectivity index (χ0) is 13.6. The lowest BCUT2D eigenvalue weighted by atomic mass is 10.3. The molecular weight excluding hydrogens is 276 g/mol. The molecule has 102 valence electrons. The van der Waals surface area contributed by atoms with Gasteiger partial charge in [-0.25, -0.2) is 22.9 Å². The summed E-state index contributed by atoms with van der Waals surface area (Å²) in [5.41, 5.74) is 1.15. The van der Waals surface area contributed by atoms with Crippen LogP contribution in [0.2, 0.25) is 0 Å². The Kier molecular flexibility index (Phi) is 5.70. The highest BCUT2D eigenvalue weighted by Crippen LogP contribution is 2.20. The summed E-state index contributed by atoms with van der Waals surface area (Å²) in [6, 6.07) is 0. The minimum Gasteiger partial charge on any atom is -0.464 e. The van der Waals surface area contributed by atoms with Crippen LogP contribution in [0.5, 0.6) is 0 Å². The average Bonchev–Trinajstić information content (AvgIpc) is 2.83. The van der Waals surface area contributed by atoms with Gasteiger partial charge in [-0.1, -0.05) is 19.8 Å². The minimum atomic E-state index is -3.68. The average molecular weight is 292 g/mol. The van der Waals surface area contributed by atoms with E-state index in [4.69, 9.17) is 0 Å². The summed E-state index contributed by atoms with van der Waals surface area (Å²) in [7, 11) is -2.49. The molecule has 0 aliphatic carbocycles. The molecule has 0 aliphatic heterocycles. The summed E-state index contributed by atoms with van der Waals surface area (Å²) in [5.74, 6) is -0.745. The molecule has 18 heavy (non-hydrogen) atoms. The van der Waals surface area contributed by atoms with E-state index in [2.05, 4.69) is 14.4 Å². The van der Waals surface area contributed by atoms with Crippen LogP contribution in [0, 0.1) is 0 Å². The Morgan fingerprint density at radius 2 is 2.22 bits per heavy atom. The number of esters is 1. The number of methoxy groups -OCH3 is 1. The zero-order valence-electron chi connectivity index (χ0n) is 10.3. The molecule has 0 aromatic carbocycles. The van der Waals surface area contributed by atoms with Crippen LogP contribution < -0.4 is 4.72 Å². The van der Waals surface area contributed by atoms with Crippen molar-refractivity contribution in [2.24, 2.45) is 0 Å². The Balaban J connectivity index is 2.79. The monoisotopic (exact) mass is 292 g/mol. The topological polar surface area (TPSA) is 85.4 Å². The summed E-state index contributed by atoms with van der Waals surface area (Å²) < 4.78 is 30.7. The molecule has 1 rings (SSSR count). The maximum absolute atomic E-state index is 11.9. The van der Waals surface area contributed by atoms with Gasteiger partial charge in [0.2, 0.25) is 0 Å². The summed E-state index contributed by atoms with van der Waals surface area (Å²) >= 11 is 0.902. The number of unbranched alkanes of at least 4 members (excludes halogenated alkanes) is 2. The van der Waals surface area contributed by atoms with Gasteiger partial charge in [0.25, 0.3) is 10.0 Å². The first-order valence-corrected chi connectivity index (χ1v) is 7.90. The second kappa shape index (κ2) is 6.81. The lowest BCUT2D eigenvalue weighted by Gasteiger charge is -2.05. The fourth-order valence-electron chi connectivity index (χ4n) is 1.31. The number of ether oxygens (including phenoxy) is 1. The number of sulfonamides is 1. The van der Waals surface area contributed by atoms with E-state index in [1.807, 2.05) is 6.92 Å². The highest BCUT2D eigenvalue weighted by molar-refractivity contribution is 7.91. The van der Waals surface area contributed by atoms with Crippen LogP contribution in [-0.2, 0) is 14.8 Å². The van der Waals surface area contributed by atoms with Crippen LogP contribution in [-0.4, -0.2) is 33.0 Å². The van der Waals surface area contributed by atoms with Crippen LogP contribution in [0.4, 0.5) is 0 Å². The van der Waals surface area contributed by atoms with E-state index in [1.54, 1.807) is 0 Å². The molecule has 1 N–H and O–H groups in total. The van der Waals surface area contributed by atoms with E-state index in [9.17, 15) is 13.2 Å². The summed E-state index contributed by atoms with van der Waals surface area (Å²) in [6.07, 6.45) is 2.73. The van der Waals surface area contributed by atoms with Crippen molar-refractivity contribution in [2.75, 3.05) is 13.7 Å². The molecule has 0 saturated carbocycles. The summed E-state index contributed by atoms with van der Waals surface area (Å²) in [4.78, 5) is 15.1. The molecule has 1 aromatic rings. The maximum Gasteiger partial charge on any atom is 0.358 e. The van der Waals surface area contributed by atoms with Gasteiger partial charge in [-0.15, -0.1) is 11.3 Å². The highest BCUT2D eigenvalue weighted by atomic mass is 32.2. The van der Waals surface area contributed by atoms with Gasteiger partial charge in [-0.2, -0.15) is 0 Å². The van der Waals surface area contributed by atoms with Gasteiger partial charge in [-0.3, -0.25) is 0 Å². The third-order valence-electron chi connectivity index (χ3n) is 2.23. The van der Waals surface area contributed by atoms with Crippen LogP contribution in [0.15, 0.2) is 9.72 Å². The van der Waals surface area contributed by atoms with E-state index in [0.29, 0.717) is 6.54 Å². The van der Waals surface area contributed by atoms with E-state index < -0.39 is 16.0 Å². The van der Waals surface area contributed by atoms with Gasteiger partial charge < -0.3 is 4.74 Å². The molecule has 1 aromatic heterocycles. The number of carbonyl (C=O) groups is 1. The van der Waals surface area contributed by atoms with Crippen molar-refractivity contribution in [3.63, 3.8) is 0 Å². The molecule has 0 saturated heterocycles. The first-order valence-electron chi connectivity index (χ1n) is 5.54. The molecule has 1 heterocycles. The van der Waals surface area contributed by atoms with E-state index in [1.165, 1.54) is 12.6 Å². The number of aromatic nitrogens is 1. The van der Waals surface area contributed by atoms with Gasteiger partial charge >= 0.3 is 5.97 Å². The number of hydrogen-bond acceptors (Lipinski definition) is 6. The molecule has 0 fully saturated rings. The predicted molar refractivity (Wildman–Crippen MR) is 68.2 cm³/mol. The molecule has 0 aliphatic rings. The SMILES string of the molecule is CCCCCNS(=O)(=O)c1scnc1C(=O)OC. The summed E-state index contributed by atoms with van der Waals surface area (Å²) in [6.45, 7) is 2.39. The lowest BCUT2D eigenvalue weighted by molar-refractivity contribution is 0.0590. The number of hydrogen-bond donors (Lipinski definition) is 1. The first-order chi connectivity index (χ1) is 8.53. The third kappa shape index (κ3) is 3.76. The predicted octanol–water partition coefficient (Wildman–Crippen LogP) is 1.40. The Labute approximate surface area is 110 Å². The quantitative estimate of drug-likeness (QED) is 0.606. The first kappa shape index (κ1) is 15.1. The van der Waals surface area contributed by atoms with Gasteiger partial charge in [0, 0.05) is 6.54 Å². The second-order valence-electron chi connectivity index (χ2n) is 3.58. The number of thiazole rings is 1. The summed E-state index contributed by atoms with van der Waals surface area (Å²) in [5, 5.41) is 0. The van der Waals surface area contributed by atoms with Crippen molar-refractivity contribution >= 4 is 27.3 Å². The van der Waals surface area contributed by atoms with Crippen LogP contribution in [0.25, 0.3) is 0 Å². The Hall–Kier alpha value is -0.990. The Bertz CT molecular complexity index is 496. The molecule has 8 heteroatoms. The van der Waals surface area contributed by atoms with Gasteiger partial charge in [0.1, 0.15) is 0 Å². The minimum absolute atomic E-state index is 0.0918. The number of carbonyl (C=O) groups excluding carboxylic acids is 1. The third-order valence-corrected chi connectivity index (χ3v) is 5.06. The van der Waals surface area contributed by atoms with Crippen molar-refractivity contribution < 1.29 is 17.9 Å². The Morgan fingerprint density at radius 3 is 2.83 bits per heavy atom. The number of nitrogens with zero attached hydrogens (tertiary/aromatic N) is 1. The van der Waals surface area contributed by atoms with Crippen molar-refractivity contribution in [1.29, 1.82) is 0 Å². The number of nitrogens with one attached hydrogen (secondary N) is 1. The molecular formula is C10H16N2O4S2. The molecule has 0 radical (unpaired) electrons. The van der Waals surface area contributed by atoms with E-state index in [0.717, 1.165) is 30.6 Å². The van der Waals surface area contributed by atoms with Gasteiger partial charge in [0.05, 0.1) is 12.6 Å². The molecule has 6 nitrogen and oxygen atoms in total. The second-order valence-corrected chi connectivity index (χ2v) is 6.40. The molecule has 0 spiro atoms. The molecule has 0 unspecified atom stereocenters. The van der Waals surface area contributed by atoms with Crippen molar-refractivity contribution in [1.82, 2.24) is 9.71 Å². The fraction of sp³-hybridized carbons (Fsp3) is 0.600. The van der Waals surface area contributed by atoms with E-state index >= 15 is 0 Å². The van der Waals surface area contributed by atoms with Crippen molar-refractivity contribution in [3.05, 3.63) is 11.2 Å². The Morgan fingerprint density at radius 1 is 1.50 bits per heavy atom. The van der Waals surface area contributed by atoms with Crippen molar-refractivity contribution in [2.45, 2.75) is 30.4 Å². The molecule has 0 bridgehead atoms. The molecule has 0 atom stereocenters. The lowest BCUT2D eigenvalue weighted by Crippen LogP contribution is -2.25. The van der Waals surface area contributed by atoms with E-state index in [-0.39, 0.29) is 9.90 Å². The van der Waals surface area contributed by atoms with Gasteiger partial charge in [0.15, 0.2) is 9.90 Å². The van der Waals surface area contributed by atoms with Gasteiger partial charge in [-0.05, 0) is 6.42 Å². The standard InChI is InChI=1S/C10H16N2O4S2/c1-3-4-5-6-12-18(14,15)10-8(9(13)16-2)11-7-17-10/h7,12H,3-6H2,1-2H3. The smallest absolute Gasteiger partial charge is 0.358 e. The van der Waals surface area contributed by atoms with Crippen LogP contribution in [0.1, 0.15) is 36.7 Å². The fourth-order valence-corrected chi connectivity index (χ4v) is 3.55. The maximum atomic E-state index is 11.9. The largest absolute Gasteiger partial charge is 0.464 e. The van der Waals surface area contributed by atoms with Crippen LogP contribution >= 0.6 is 11.3 Å².